The van der Waals surface area contributed by atoms with Crippen LogP contribution < -0.4 is 19.1 Å². The number of nitrogens with zero attached hydrogens (tertiary/aromatic N) is 1. The normalized spacial score (nSPS) is 11.1. The van der Waals surface area contributed by atoms with Gasteiger partial charge in [0.1, 0.15) is 24.7 Å². The van der Waals surface area contributed by atoms with Crippen LogP contribution in [0.4, 0.5) is 5.69 Å². The molecule has 0 radical (unpaired) electrons. The van der Waals surface area contributed by atoms with Crippen LogP contribution >= 0.6 is 11.6 Å². The van der Waals surface area contributed by atoms with Gasteiger partial charge >= 0.3 is 0 Å². The van der Waals surface area contributed by atoms with E-state index < -0.39 is 22.5 Å². The Bertz CT molecular complexity index is 1250. The molecule has 0 aliphatic heterocycles. The van der Waals surface area contributed by atoms with Crippen LogP contribution in [0.3, 0.4) is 0 Å². The number of benzene rings is 3. The van der Waals surface area contributed by atoms with E-state index in [0.29, 0.717) is 5.75 Å². The van der Waals surface area contributed by atoms with Crippen molar-refractivity contribution in [1.82, 2.24) is 5.32 Å². The fourth-order valence-electron chi connectivity index (χ4n) is 3.22. The number of hydrogen-bond donors (Lipinski definition) is 1. The highest BCUT2D eigenvalue weighted by Gasteiger charge is 2.27. The highest BCUT2D eigenvalue weighted by Crippen LogP contribution is 2.32. The second-order valence-corrected chi connectivity index (χ2v) is 9.88. The second-order valence-electron chi connectivity index (χ2n) is 7.61. The minimum Gasteiger partial charge on any atom is -0.495 e. The molecule has 9 heteroatoms. The Labute approximate surface area is 205 Å². The molecule has 3 rings (SSSR count). The molecule has 0 spiro atoms. The zero-order valence-corrected chi connectivity index (χ0v) is 20.8. The quantitative estimate of drug-likeness (QED) is 0.416. The number of carbonyl (C=O) groups excluding carboxylic acids is 1. The lowest BCUT2D eigenvalue weighted by atomic mass is 10.2. The van der Waals surface area contributed by atoms with Crippen LogP contribution in [0.15, 0.2) is 71.6 Å². The van der Waals surface area contributed by atoms with E-state index in [-0.39, 0.29) is 28.8 Å². The molecule has 0 aliphatic rings. The molecule has 180 valence electrons. The van der Waals surface area contributed by atoms with Crippen molar-refractivity contribution in [3.05, 3.63) is 82.9 Å². The highest BCUT2D eigenvalue weighted by atomic mass is 35.5. The van der Waals surface area contributed by atoms with Gasteiger partial charge in [-0.2, -0.15) is 0 Å². The van der Waals surface area contributed by atoms with Gasteiger partial charge in [0.25, 0.3) is 10.0 Å². The maximum Gasteiger partial charge on any atom is 0.264 e. The standard InChI is InChI=1S/C25H27ClN2O5S/c1-18-8-11-21(12-9-18)34(30,31)28(20-10-13-24(32-3)22(26)16-20)17-25(29)27-14-15-33-23-7-5-4-6-19(23)2/h4-13,16H,14-15,17H2,1-3H3,(H,27,29). The van der Waals surface area contributed by atoms with E-state index in [4.69, 9.17) is 21.1 Å². The first-order valence-corrected chi connectivity index (χ1v) is 12.4. The minimum absolute atomic E-state index is 0.0701. The van der Waals surface area contributed by atoms with Gasteiger partial charge in [-0.1, -0.05) is 47.5 Å². The molecule has 0 atom stereocenters. The third-order valence-electron chi connectivity index (χ3n) is 5.09. The molecule has 3 aromatic rings. The molecular weight excluding hydrogens is 476 g/mol. The molecule has 0 aliphatic carbocycles. The second kappa shape index (κ2) is 11.3. The molecule has 3 aromatic carbocycles. The van der Waals surface area contributed by atoms with Crippen molar-refractivity contribution in [3.8, 4) is 11.5 Å². The molecule has 0 fully saturated rings. The number of methoxy groups -OCH3 is 1. The topological polar surface area (TPSA) is 84.9 Å². The van der Waals surface area contributed by atoms with Gasteiger partial charge in [-0.25, -0.2) is 8.42 Å². The number of sulfonamides is 1. The summed E-state index contributed by atoms with van der Waals surface area (Å²) in [5, 5.41) is 2.95. The Kier molecular flexibility index (Phi) is 8.41. The van der Waals surface area contributed by atoms with E-state index in [1.165, 1.54) is 25.3 Å². The summed E-state index contributed by atoms with van der Waals surface area (Å²) in [6.45, 7) is 3.83. The Morgan fingerprint density at radius 3 is 2.35 bits per heavy atom. The predicted octanol–water partition coefficient (Wildman–Crippen LogP) is 4.36. The number of halogens is 1. The van der Waals surface area contributed by atoms with Crippen LogP contribution in [0.25, 0.3) is 0 Å². The Morgan fingerprint density at radius 2 is 1.71 bits per heavy atom. The molecule has 0 saturated heterocycles. The molecule has 7 nitrogen and oxygen atoms in total. The summed E-state index contributed by atoms with van der Waals surface area (Å²) >= 11 is 6.24. The van der Waals surface area contributed by atoms with Crippen LogP contribution in [0.5, 0.6) is 11.5 Å². The first-order chi connectivity index (χ1) is 16.2. The molecule has 0 heterocycles. The number of carbonyl (C=O) groups is 1. The number of aryl methyl sites for hydroxylation is 2. The van der Waals surface area contributed by atoms with Gasteiger partial charge in [-0.3, -0.25) is 9.10 Å². The summed E-state index contributed by atoms with van der Waals surface area (Å²) in [7, 11) is -2.57. The number of amides is 1. The first-order valence-electron chi connectivity index (χ1n) is 10.6. The van der Waals surface area contributed by atoms with Crippen LogP contribution in [0, 0.1) is 13.8 Å². The zero-order valence-electron chi connectivity index (χ0n) is 19.2. The van der Waals surface area contributed by atoms with E-state index in [1.807, 2.05) is 38.1 Å². The maximum atomic E-state index is 13.4. The lowest BCUT2D eigenvalue weighted by molar-refractivity contribution is -0.119. The fourth-order valence-corrected chi connectivity index (χ4v) is 4.88. The maximum absolute atomic E-state index is 13.4. The van der Waals surface area contributed by atoms with Gasteiger partial charge in [0.2, 0.25) is 5.91 Å². The predicted molar refractivity (Wildman–Crippen MR) is 133 cm³/mol. The summed E-state index contributed by atoms with van der Waals surface area (Å²) in [4.78, 5) is 12.8. The zero-order chi connectivity index (χ0) is 24.7. The van der Waals surface area contributed by atoms with Gasteiger partial charge in [0.05, 0.1) is 29.3 Å². The van der Waals surface area contributed by atoms with Gasteiger partial charge in [-0.15, -0.1) is 0 Å². The van der Waals surface area contributed by atoms with Crippen molar-refractivity contribution in [3.63, 3.8) is 0 Å². The number of anilines is 1. The summed E-state index contributed by atoms with van der Waals surface area (Å²) < 4.78 is 38.8. The van der Waals surface area contributed by atoms with Crippen LogP contribution in [-0.2, 0) is 14.8 Å². The Morgan fingerprint density at radius 1 is 1.00 bits per heavy atom. The molecule has 0 unspecified atom stereocenters. The molecular formula is C25H27ClN2O5S. The van der Waals surface area contributed by atoms with Crippen LogP contribution in [-0.4, -0.2) is 41.1 Å². The van der Waals surface area contributed by atoms with Crippen molar-refractivity contribution in [2.75, 3.05) is 31.1 Å². The molecule has 0 aromatic heterocycles. The Hall–Kier alpha value is -3.23. The van der Waals surface area contributed by atoms with E-state index in [9.17, 15) is 13.2 Å². The summed E-state index contributed by atoms with van der Waals surface area (Å²) in [6.07, 6.45) is 0. The number of rotatable bonds is 10. The highest BCUT2D eigenvalue weighted by molar-refractivity contribution is 7.92. The largest absolute Gasteiger partial charge is 0.495 e. The first kappa shape index (κ1) is 25.4. The third kappa shape index (κ3) is 6.21. The monoisotopic (exact) mass is 502 g/mol. The third-order valence-corrected chi connectivity index (χ3v) is 7.18. The van der Waals surface area contributed by atoms with Crippen molar-refractivity contribution in [2.24, 2.45) is 0 Å². The fraction of sp³-hybridized carbons (Fsp3) is 0.240. The lowest BCUT2D eigenvalue weighted by Crippen LogP contribution is -2.42. The van der Waals surface area contributed by atoms with Crippen molar-refractivity contribution >= 4 is 33.2 Å². The van der Waals surface area contributed by atoms with Crippen molar-refractivity contribution in [1.29, 1.82) is 0 Å². The Balaban J connectivity index is 1.77. The molecule has 0 bridgehead atoms. The molecule has 0 saturated carbocycles. The summed E-state index contributed by atoms with van der Waals surface area (Å²) in [6, 6.07) is 18.6. The van der Waals surface area contributed by atoms with E-state index >= 15 is 0 Å². The van der Waals surface area contributed by atoms with Gasteiger partial charge in [0.15, 0.2) is 0 Å². The molecule has 1 N–H and O–H groups in total. The number of hydrogen-bond acceptors (Lipinski definition) is 5. The molecule has 1 amide bonds. The van der Waals surface area contributed by atoms with Crippen LogP contribution in [0.2, 0.25) is 5.02 Å². The van der Waals surface area contributed by atoms with Crippen LogP contribution in [0.1, 0.15) is 11.1 Å². The number of para-hydroxylation sites is 1. The molecule has 34 heavy (non-hydrogen) atoms. The van der Waals surface area contributed by atoms with Crippen molar-refractivity contribution in [2.45, 2.75) is 18.7 Å². The lowest BCUT2D eigenvalue weighted by Gasteiger charge is -2.24. The SMILES string of the molecule is COc1ccc(N(CC(=O)NCCOc2ccccc2C)S(=O)(=O)c2ccc(C)cc2)cc1Cl. The average molecular weight is 503 g/mol. The van der Waals surface area contributed by atoms with E-state index in [2.05, 4.69) is 5.32 Å². The number of nitrogens with one attached hydrogen (secondary N) is 1. The van der Waals surface area contributed by atoms with E-state index in [0.717, 1.165) is 21.2 Å². The van der Waals surface area contributed by atoms with E-state index in [1.54, 1.807) is 24.3 Å². The van der Waals surface area contributed by atoms with Gasteiger partial charge in [0, 0.05) is 0 Å². The van der Waals surface area contributed by atoms with Gasteiger partial charge < -0.3 is 14.8 Å². The number of ether oxygens (including phenoxy) is 2. The average Bonchev–Trinajstić information content (AvgIpc) is 2.81. The smallest absolute Gasteiger partial charge is 0.264 e. The summed E-state index contributed by atoms with van der Waals surface area (Å²) in [5.41, 5.74) is 2.16. The van der Waals surface area contributed by atoms with Gasteiger partial charge in [-0.05, 0) is 55.8 Å². The minimum atomic E-state index is -4.04. The summed E-state index contributed by atoms with van der Waals surface area (Å²) in [5.74, 6) is 0.653. The van der Waals surface area contributed by atoms with Crippen molar-refractivity contribution < 1.29 is 22.7 Å².